The van der Waals surface area contributed by atoms with Gasteiger partial charge in [-0.15, -0.1) is 10.2 Å². The van der Waals surface area contributed by atoms with Crippen molar-refractivity contribution in [3.8, 4) is 17.2 Å². The minimum atomic E-state index is -0.102. The van der Waals surface area contributed by atoms with Gasteiger partial charge in [-0.1, -0.05) is 0 Å². The predicted molar refractivity (Wildman–Crippen MR) is 92.2 cm³/mol. The van der Waals surface area contributed by atoms with Crippen LogP contribution in [0.4, 0.5) is 5.69 Å². The average molecular weight is 343 g/mol. The number of rotatable bonds is 7. The maximum Gasteiger partial charge on any atom is 0.248 e. The molecule has 0 saturated carbocycles. The molecule has 0 atom stereocenters. The quantitative estimate of drug-likeness (QED) is 0.706. The summed E-state index contributed by atoms with van der Waals surface area (Å²) in [5.74, 6) is 1.62. The van der Waals surface area contributed by atoms with Crippen LogP contribution in [0.3, 0.4) is 0 Å². The summed E-state index contributed by atoms with van der Waals surface area (Å²) < 4.78 is 10.9. The second kappa shape index (κ2) is 7.74. The smallest absolute Gasteiger partial charge is 0.248 e. The topological polar surface area (TPSA) is 77.2 Å². The zero-order chi connectivity index (χ0) is 16.8. The number of carbonyl (C=O) groups is 1. The number of nitrogens with one attached hydrogen (secondary N) is 1. The molecule has 0 unspecified atom stereocenters. The largest absolute Gasteiger partial charge is 0.494 e. The van der Waals surface area contributed by atoms with Crippen molar-refractivity contribution in [2.75, 3.05) is 11.9 Å². The third-order valence-corrected chi connectivity index (χ3v) is 3.93. The standard InChI is InChI=1S/C17H17N3O3S/c1-2-22-14-5-3-13(4-6-14)18-15(21)7-8-16-19-20-17(23-16)12-9-10-24-11-12/h3-6,9-11H,2,7-8H2,1H3,(H,18,21). The summed E-state index contributed by atoms with van der Waals surface area (Å²) in [5.41, 5.74) is 1.63. The SMILES string of the molecule is CCOc1ccc(NC(=O)CCc2nnc(-c3ccsc3)o2)cc1. The summed E-state index contributed by atoms with van der Waals surface area (Å²) >= 11 is 1.57. The van der Waals surface area contributed by atoms with Gasteiger partial charge in [-0.3, -0.25) is 4.79 Å². The molecule has 3 aromatic rings. The predicted octanol–water partition coefficient (Wildman–Crippen LogP) is 3.77. The molecule has 7 heteroatoms. The van der Waals surface area contributed by atoms with Crippen molar-refractivity contribution in [3.05, 3.63) is 47.0 Å². The van der Waals surface area contributed by atoms with Crippen molar-refractivity contribution < 1.29 is 13.9 Å². The van der Waals surface area contributed by atoms with Gasteiger partial charge in [-0.05, 0) is 42.6 Å². The fraction of sp³-hybridized carbons (Fsp3) is 0.235. The van der Waals surface area contributed by atoms with Crippen LogP contribution in [0.5, 0.6) is 5.75 Å². The van der Waals surface area contributed by atoms with Crippen LogP contribution < -0.4 is 10.1 Å². The molecule has 0 saturated heterocycles. The van der Waals surface area contributed by atoms with Gasteiger partial charge in [0.25, 0.3) is 0 Å². The molecule has 2 aromatic heterocycles. The molecular weight excluding hydrogens is 326 g/mol. The number of hydrogen-bond acceptors (Lipinski definition) is 6. The van der Waals surface area contributed by atoms with Gasteiger partial charge in [0.05, 0.1) is 6.61 Å². The van der Waals surface area contributed by atoms with E-state index < -0.39 is 0 Å². The number of aromatic nitrogens is 2. The van der Waals surface area contributed by atoms with Gasteiger partial charge in [0.1, 0.15) is 5.75 Å². The van der Waals surface area contributed by atoms with E-state index in [-0.39, 0.29) is 12.3 Å². The van der Waals surface area contributed by atoms with Gasteiger partial charge in [0.2, 0.25) is 17.7 Å². The Labute approximate surface area is 143 Å². The maximum atomic E-state index is 12.0. The average Bonchev–Trinajstić information content (AvgIpc) is 3.26. The molecule has 6 nitrogen and oxygen atoms in total. The van der Waals surface area contributed by atoms with E-state index in [1.54, 1.807) is 11.3 Å². The highest BCUT2D eigenvalue weighted by Crippen LogP contribution is 2.21. The van der Waals surface area contributed by atoms with Crippen LogP contribution in [0.2, 0.25) is 0 Å². The van der Waals surface area contributed by atoms with E-state index in [1.165, 1.54) is 0 Å². The Morgan fingerprint density at radius 2 is 2.08 bits per heavy atom. The molecule has 0 aliphatic rings. The Kier molecular flexibility index (Phi) is 5.22. The van der Waals surface area contributed by atoms with Crippen LogP contribution in [-0.2, 0) is 11.2 Å². The molecule has 0 spiro atoms. The summed E-state index contributed by atoms with van der Waals surface area (Å²) in [6.07, 6.45) is 0.679. The third kappa shape index (κ3) is 4.20. The lowest BCUT2D eigenvalue weighted by Gasteiger charge is -2.06. The number of nitrogens with zero attached hydrogens (tertiary/aromatic N) is 2. The molecule has 0 bridgehead atoms. The Bertz CT molecular complexity index is 782. The highest BCUT2D eigenvalue weighted by atomic mass is 32.1. The van der Waals surface area contributed by atoms with Crippen LogP contribution in [0.1, 0.15) is 19.2 Å². The lowest BCUT2D eigenvalue weighted by molar-refractivity contribution is -0.116. The molecule has 1 aromatic carbocycles. The van der Waals surface area contributed by atoms with E-state index >= 15 is 0 Å². The van der Waals surface area contributed by atoms with Crippen LogP contribution in [-0.4, -0.2) is 22.7 Å². The van der Waals surface area contributed by atoms with E-state index in [9.17, 15) is 4.79 Å². The van der Waals surface area contributed by atoms with Gasteiger partial charge in [0, 0.05) is 29.5 Å². The van der Waals surface area contributed by atoms with Gasteiger partial charge in [-0.2, -0.15) is 11.3 Å². The molecule has 0 radical (unpaired) electrons. The second-order valence-corrected chi connectivity index (χ2v) is 5.80. The molecule has 0 aliphatic heterocycles. The molecule has 1 N–H and O–H groups in total. The molecule has 24 heavy (non-hydrogen) atoms. The minimum absolute atomic E-state index is 0.102. The first-order valence-corrected chi connectivity index (χ1v) is 8.56. The Morgan fingerprint density at radius 1 is 1.25 bits per heavy atom. The lowest BCUT2D eigenvalue weighted by atomic mass is 10.2. The van der Waals surface area contributed by atoms with E-state index in [2.05, 4.69) is 15.5 Å². The van der Waals surface area contributed by atoms with Gasteiger partial charge in [-0.25, -0.2) is 0 Å². The Balaban J connectivity index is 1.50. The first-order valence-electron chi connectivity index (χ1n) is 7.62. The summed E-state index contributed by atoms with van der Waals surface area (Å²) in [5, 5.41) is 14.7. The first-order chi connectivity index (χ1) is 11.7. The fourth-order valence-electron chi connectivity index (χ4n) is 2.10. The van der Waals surface area contributed by atoms with Crippen molar-refractivity contribution in [2.45, 2.75) is 19.8 Å². The molecule has 1 amide bonds. The minimum Gasteiger partial charge on any atom is -0.494 e. The van der Waals surface area contributed by atoms with Crippen molar-refractivity contribution in [3.63, 3.8) is 0 Å². The highest BCUT2D eigenvalue weighted by Gasteiger charge is 2.11. The van der Waals surface area contributed by atoms with E-state index in [0.717, 1.165) is 17.0 Å². The number of hydrogen-bond donors (Lipinski definition) is 1. The van der Waals surface area contributed by atoms with Gasteiger partial charge < -0.3 is 14.5 Å². The van der Waals surface area contributed by atoms with Gasteiger partial charge >= 0.3 is 0 Å². The summed E-state index contributed by atoms with van der Waals surface area (Å²) in [6, 6.07) is 9.18. The number of amides is 1. The third-order valence-electron chi connectivity index (χ3n) is 3.25. The van der Waals surface area contributed by atoms with Crippen molar-refractivity contribution in [1.29, 1.82) is 0 Å². The summed E-state index contributed by atoms with van der Waals surface area (Å²) in [4.78, 5) is 12.0. The molecular formula is C17H17N3O3S. The highest BCUT2D eigenvalue weighted by molar-refractivity contribution is 7.08. The number of ether oxygens (including phenoxy) is 1. The van der Waals surface area contributed by atoms with Crippen LogP contribution in [0.15, 0.2) is 45.5 Å². The van der Waals surface area contributed by atoms with Gasteiger partial charge in [0.15, 0.2) is 0 Å². The summed E-state index contributed by atoms with van der Waals surface area (Å²) in [6.45, 7) is 2.54. The van der Waals surface area contributed by atoms with Crippen molar-refractivity contribution in [1.82, 2.24) is 10.2 Å². The Morgan fingerprint density at radius 3 is 2.79 bits per heavy atom. The Hall–Kier alpha value is -2.67. The zero-order valence-electron chi connectivity index (χ0n) is 13.2. The number of anilines is 1. The molecule has 0 fully saturated rings. The lowest BCUT2D eigenvalue weighted by Crippen LogP contribution is -2.12. The molecule has 3 rings (SSSR count). The van der Waals surface area contributed by atoms with Crippen LogP contribution in [0, 0.1) is 0 Å². The second-order valence-electron chi connectivity index (χ2n) is 5.02. The first kappa shape index (κ1) is 16.2. The molecule has 124 valence electrons. The van der Waals surface area contributed by atoms with E-state index in [4.69, 9.17) is 9.15 Å². The van der Waals surface area contributed by atoms with E-state index in [0.29, 0.717) is 24.8 Å². The normalized spacial score (nSPS) is 10.5. The summed E-state index contributed by atoms with van der Waals surface area (Å²) in [7, 11) is 0. The maximum absolute atomic E-state index is 12.0. The number of benzene rings is 1. The zero-order valence-corrected chi connectivity index (χ0v) is 14.0. The van der Waals surface area contributed by atoms with E-state index in [1.807, 2.05) is 48.0 Å². The van der Waals surface area contributed by atoms with Crippen molar-refractivity contribution in [2.24, 2.45) is 0 Å². The fourth-order valence-corrected chi connectivity index (χ4v) is 2.73. The monoisotopic (exact) mass is 343 g/mol. The number of aryl methyl sites for hydroxylation is 1. The van der Waals surface area contributed by atoms with Crippen LogP contribution >= 0.6 is 11.3 Å². The van der Waals surface area contributed by atoms with Crippen LogP contribution in [0.25, 0.3) is 11.5 Å². The molecule has 0 aliphatic carbocycles. The molecule has 2 heterocycles. The number of carbonyl (C=O) groups excluding carboxylic acids is 1. The van der Waals surface area contributed by atoms with Crippen molar-refractivity contribution >= 4 is 22.9 Å². The number of thiophene rings is 1.